The van der Waals surface area contributed by atoms with Crippen LogP contribution in [-0.2, 0) is 16.0 Å². The zero-order chi connectivity index (χ0) is 39.0. The van der Waals surface area contributed by atoms with Crippen LogP contribution in [-0.4, -0.2) is 99.0 Å². The van der Waals surface area contributed by atoms with Gasteiger partial charge >= 0.3 is 0 Å². The normalized spacial score (nSPS) is 21.1. The molecule has 4 aliphatic rings. The van der Waals surface area contributed by atoms with Crippen molar-refractivity contribution in [2.75, 3.05) is 50.5 Å². The Labute approximate surface area is 326 Å². The fraction of sp³-hybridized carbons (Fsp3) is 0.524. The van der Waals surface area contributed by atoms with Crippen molar-refractivity contribution in [3.63, 3.8) is 0 Å². The smallest absolute Gasteiger partial charge is 0.270 e. The van der Waals surface area contributed by atoms with Crippen molar-refractivity contribution in [3.05, 3.63) is 71.4 Å². The van der Waals surface area contributed by atoms with E-state index in [9.17, 15) is 14.4 Å². The van der Waals surface area contributed by atoms with Crippen molar-refractivity contribution in [1.82, 2.24) is 34.6 Å². The first kappa shape index (κ1) is 37.9. The number of nitrogens with one attached hydrogen (secondary N) is 2. The van der Waals surface area contributed by atoms with Crippen LogP contribution in [0.1, 0.15) is 104 Å². The van der Waals surface area contributed by atoms with Gasteiger partial charge in [0.05, 0.1) is 17.8 Å². The number of likely N-dealkylation sites (tertiary alicyclic amines) is 1. The van der Waals surface area contributed by atoms with Gasteiger partial charge in [0.25, 0.3) is 5.91 Å². The van der Waals surface area contributed by atoms with Gasteiger partial charge in [-0.15, -0.1) is 0 Å². The van der Waals surface area contributed by atoms with E-state index in [0.717, 1.165) is 73.9 Å². The Balaban J connectivity index is 0.816. The molecular weight excluding hydrogens is 717 g/mol. The number of piperidine rings is 3. The molecule has 8 rings (SSSR count). The van der Waals surface area contributed by atoms with Crippen molar-refractivity contribution in [1.29, 1.82) is 0 Å². The summed E-state index contributed by atoms with van der Waals surface area (Å²) < 4.78 is 33.1. The maximum absolute atomic E-state index is 16.0. The van der Waals surface area contributed by atoms with Crippen molar-refractivity contribution in [3.8, 4) is 0 Å². The molecule has 0 bridgehead atoms. The Bertz CT molecular complexity index is 2080. The first-order valence-corrected chi connectivity index (χ1v) is 20.2. The molecule has 3 amide bonds. The minimum Gasteiger partial charge on any atom is -0.370 e. The summed E-state index contributed by atoms with van der Waals surface area (Å²) in [4.78, 5) is 57.2. The number of alkyl halides is 1. The first-order valence-electron chi connectivity index (χ1n) is 20.2. The van der Waals surface area contributed by atoms with E-state index in [-0.39, 0.29) is 24.3 Å². The lowest BCUT2D eigenvalue weighted by atomic mass is 9.85. The quantitative estimate of drug-likeness (QED) is 0.175. The number of fused-ring (bicyclic) bond motifs is 1. The Morgan fingerprint density at radius 2 is 1.71 bits per heavy atom. The predicted octanol–water partition coefficient (Wildman–Crippen LogP) is 6.45. The van der Waals surface area contributed by atoms with Crippen LogP contribution in [0.2, 0.25) is 0 Å². The Morgan fingerprint density at radius 1 is 0.946 bits per heavy atom. The minimum atomic E-state index is -1.29. The summed E-state index contributed by atoms with van der Waals surface area (Å²) in [5, 5.41) is 6.40. The van der Waals surface area contributed by atoms with E-state index < -0.39 is 23.3 Å². The zero-order valence-corrected chi connectivity index (χ0v) is 32.3. The average Bonchev–Trinajstić information content (AvgIpc) is 3.86. The summed E-state index contributed by atoms with van der Waals surface area (Å²) in [5.41, 5.74) is 2.18. The maximum Gasteiger partial charge on any atom is 0.270 e. The highest BCUT2D eigenvalue weighted by atomic mass is 19.1. The van der Waals surface area contributed by atoms with Crippen LogP contribution < -0.4 is 15.5 Å². The summed E-state index contributed by atoms with van der Waals surface area (Å²) in [6, 6.07) is 11.4. The van der Waals surface area contributed by atoms with Crippen molar-refractivity contribution in [2.45, 2.75) is 101 Å². The fourth-order valence-electron chi connectivity index (χ4n) is 9.15. The average molecular weight is 768 g/mol. The van der Waals surface area contributed by atoms with E-state index in [1.54, 1.807) is 37.3 Å². The lowest BCUT2D eigenvalue weighted by molar-refractivity contribution is -0.134. The van der Waals surface area contributed by atoms with Gasteiger partial charge in [0.2, 0.25) is 17.8 Å². The van der Waals surface area contributed by atoms with E-state index in [1.807, 2.05) is 18.3 Å². The molecule has 2 N–H and O–H groups in total. The molecule has 0 radical (unpaired) electrons. The molecule has 1 atom stereocenters. The van der Waals surface area contributed by atoms with Gasteiger partial charge in [0.15, 0.2) is 0 Å². The highest BCUT2D eigenvalue weighted by Crippen LogP contribution is 2.37. The highest BCUT2D eigenvalue weighted by Gasteiger charge is 2.37. The third kappa shape index (κ3) is 7.98. The van der Waals surface area contributed by atoms with E-state index >= 15 is 8.78 Å². The molecule has 56 heavy (non-hydrogen) atoms. The number of amides is 3. The number of halogens is 2. The second-order valence-electron chi connectivity index (χ2n) is 16.3. The number of carbonyl (C=O) groups excluding carboxylic acids is 3. The van der Waals surface area contributed by atoms with E-state index in [1.165, 1.54) is 6.07 Å². The molecule has 1 unspecified atom stereocenters. The molecule has 3 aliphatic heterocycles. The molecule has 3 saturated heterocycles. The topological polar surface area (TPSA) is 129 Å². The number of aromatic nitrogens is 4. The lowest BCUT2D eigenvalue weighted by Crippen LogP contribution is -2.50. The minimum absolute atomic E-state index is 0.0377. The largest absolute Gasteiger partial charge is 0.370 e. The van der Waals surface area contributed by atoms with Crippen LogP contribution in [0.25, 0.3) is 11.0 Å². The summed E-state index contributed by atoms with van der Waals surface area (Å²) in [5.74, 6) is -0.899. The van der Waals surface area contributed by atoms with Gasteiger partial charge in [-0.2, -0.15) is 4.98 Å². The number of aryl methyl sites for hydroxylation is 1. The van der Waals surface area contributed by atoms with Gasteiger partial charge in [0.1, 0.15) is 28.6 Å². The predicted molar refractivity (Wildman–Crippen MR) is 210 cm³/mol. The molecule has 14 heteroatoms. The fourth-order valence-corrected chi connectivity index (χ4v) is 9.15. The summed E-state index contributed by atoms with van der Waals surface area (Å²) in [6.07, 6.45) is 12.1. The van der Waals surface area contributed by atoms with Crippen LogP contribution >= 0.6 is 0 Å². The highest BCUT2D eigenvalue weighted by molar-refractivity contribution is 6.01. The molecule has 6 heterocycles. The lowest BCUT2D eigenvalue weighted by Gasteiger charge is -2.44. The number of carbonyl (C=O) groups is 3. The standard InChI is InChI=1S/C42H51F2N9O3/c1-50(2)40(56)35-24-28-25-46-41(49-38(28)53(35)30-5-3-4-6-30)47-36-11-8-31(26-45-36)51-19-14-29(15-20-51)52-21-17-42(44,18-22-52)16-13-27-7-9-32(34(43)23-27)33-10-12-37(54)48-39(33)55/h7-9,11,23-26,29-30,33H,3-6,10,12-22H2,1-2H3,(H,48,54,55)(H,45,46,47,49). The molecule has 12 nitrogen and oxygen atoms in total. The van der Waals surface area contributed by atoms with Crippen LogP contribution in [0.5, 0.6) is 0 Å². The van der Waals surface area contributed by atoms with Crippen LogP contribution in [0, 0.1) is 5.82 Å². The number of hydrogen-bond donors (Lipinski definition) is 2. The molecule has 1 aliphatic carbocycles. The number of hydrogen-bond acceptors (Lipinski definition) is 9. The number of rotatable bonds is 10. The number of benzene rings is 1. The molecule has 0 spiro atoms. The second-order valence-corrected chi connectivity index (χ2v) is 16.3. The third-order valence-electron chi connectivity index (χ3n) is 12.5. The second kappa shape index (κ2) is 15.9. The van der Waals surface area contributed by atoms with Gasteiger partial charge in [-0.25, -0.2) is 18.7 Å². The van der Waals surface area contributed by atoms with E-state index in [0.29, 0.717) is 74.3 Å². The SMILES string of the molecule is CN(C)C(=O)c1cc2cnc(Nc3ccc(N4CCC(N5CCC(F)(CCc6ccc(C7CCC(=O)NC7=O)c(F)c6)CC5)CC4)cn3)nc2n1C1CCCC1. The van der Waals surface area contributed by atoms with Crippen LogP contribution in [0.15, 0.2) is 48.8 Å². The number of imide groups is 1. The molecule has 3 aromatic heterocycles. The summed E-state index contributed by atoms with van der Waals surface area (Å²) in [7, 11) is 3.54. The summed E-state index contributed by atoms with van der Waals surface area (Å²) in [6.45, 7) is 3.20. The Hall–Kier alpha value is -4.98. The van der Waals surface area contributed by atoms with E-state index in [4.69, 9.17) is 4.98 Å². The van der Waals surface area contributed by atoms with Gasteiger partial charge in [0, 0.05) is 75.9 Å². The molecule has 4 fully saturated rings. The number of nitrogens with zero attached hydrogens (tertiary/aromatic N) is 7. The molecule has 296 valence electrons. The molecule has 1 saturated carbocycles. The first-order chi connectivity index (χ1) is 27.0. The van der Waals surface area contributed by atoms with Crippen LogP contribution in [0.4, 0.5) is 26.2 Å². The monoisotopic (exact) mass is 767 g/mol. The van der Waals surface area contributed by atoms with Gasteiger partial charge in [-0.3, -0.25) is 19.7 Å². The maximum atomic E-state index is 16.0. The van der Waals surface area contributed by atoms with E-state index in [2.05, 4.69) is 41.0 Å². The van der Waals surface area contributed by atoms with Crippen molar-refractivity contribution in [2.24, 2.45) is 0 Å². The van der Waals surface area contributed by atoms with Crippen LogP contribution in [0.3, 0.4) is 0 Å². The Morgan fingerprint density at radius 3 is 2.39 bits per heavy atom. The molecular formula is C42H51F2N9O3. The van der Waals surface area contributed by atoms with Gasteiger partial charge in [-0.05, 0) is 87.6 Å². The molecule has 4 aromatic rings. The number of pyridine rings is 1. The Kier molecular flexibility index (Phi) is 10.7. The third-order valence-corrected chi connectivity index (χ3v) is 12.5. The van der Waals surface area contributed by atoms with Crippen molar-refractivity contribution >= 4 is 46.2 Å². The summed E-state index contributed by atoms with van der Waals surface area (Å²) >= 11 is 0. The van der Waals surface area contributed by atoms with Gasteiger partial charge in [-0.1, -0.05) is 25.0 Å². The van der Waals surface area contributed by atoms with Crippen molar-refractivity contribution < 1.29 is 23.2 Å². The number of anilines is 3. The van der Waals surface area contributed by atoms with Gasteiger partial charge < -0.3 is 24.6 Å². The molecule has 1 aromatic carbocycles. The zero-order valence-electron chi connectivity index (χ0n) is 32.3.